The van der Waals surface area contributed by atoms with Gasteiger partial charge in [0.05, 0.1) is 16.9 Å². The van der Waals surface area contributed by atoms with E-state index in [1.807, 2.05) is 0 Å². The first kappa shape index (κ1) is 43.5. The van der Waals surface area contributed by atoms with Crippen LogP contribution in [0, 0.1) is 0 Å². The highest BCUT2D eigenvalue weighted by Crippen LogP contribution is 2.51. The van der Waals surface area contributed by atoms with E-state index >= 15 is 0 Å². The van der Waals surface area contributed by atoms with Crippen molar-refractivity contribution in [3.05, 3.63) is 161 Å². The maximum absolute atomic E-state index is 11.6. The molecule has 2 N–H and O–H groups in total. The zero-order chi connectivity index (χ0) is 43.9. The standard InChI is InChI=1S/C52H56N2O6S2/c1-51(2)46(53(33-12-14-35-61(55,56)57)44-29-25-37-17-8-10-23-42(37)49(44)51)31-27-40-21-16-22-41(48(40)39-19-6-5-7-20-39)28-32-47-52(3,4)50-43-24-11-9-18-38(43)26-30-45(50)54(47)34-13-15-36-62(58,59)60/h5-11,17-20,23-32H,12-16,21-22,33-36H2,1-4H3,(H-,55,56,57,58,59,60)/p+1. The largest absolute Gasteiger partial charge is 0.344 e. The molecule has 8 nitrogen and oxygen atoms in total. The van der Waals surface area contributed by atoms with E-state index in [2.05, 4.69) is 165 Å². The third kappa shape index (κ3) is 8.75. The molecule has 2 heterocycles. The maximum atomic E-state index is 11.6. The number of benzene rings is 5. The Labute approximate surface area is 367 Å². The molecule has 10 heteroatoms. The van der Waals surface area contributed by atoms with Crippen LogP contribution in [0.2, 0.25) is 0 Å². The van der Waals surface area contributed by atoms with Crippen LogP contribution in [0.5, 0.6) is 0 Å². The summed E-state index contributed by atoms with van der Waals surface area (Å²) in [5.74, 6) is -0.519. The van der Waals surface area contributed by atoms with Crippen molar-refractivity contribution in [1.29, 1.82) is 0 Å². The van der Waals surface area contributed by atoms with Crippen molar-refractivity contribution in [3.8, 4) is 0 Å². The molecule has 62 heavy (non-hydrogen) atoms. The van der Waals surface area contributed by atoms with Gasteiger partial charge >= 0.3 is 0 Å². The molecule has 0 fully saturated rings. The fraction of sp³-hybridized carbons (Fsp3) is 0.327. The van der Waals surface area contributed by atoms with Crippen molar-refractivity contribution in [2.24, 2.45) is 0 Å². The molecule has 0 bridgehead atoms. The van der Waals surface area contributed by atoms with E-state index in [-0.39, 0.29) is 22.3 Å². The predicted molar refractivity (Wildman–Crippen MR) is 255 cm³/mol. The van der Waals surface area contributed by atoms with Gasteiger partial charge in [-0.2, -0.15) is 21.4 Å². The van der Waals surface area contributed by atoms with Crippen LogP contribution in [0.4, 0.5) is 11.4 Å². The second-order valence-electron chi connectivity index (χ2n) is 18.0. The number of nitrogens with zero attached hydrogens (tertiary/aromatic N) is 2. The number of unbranched alkanes of at least 4 members (excludes halogenated alkanes) is 2. The Balaban J connectivity index is 1.22. The summed E-state index contributed by atoms with van der Waals surface area (Å²) >= 11 is 0. The van der Waals surface area contributed by atoms with Crippen molar-refractivity contribution in [1.82, 2.24) is 0 Å². The molecule has 0 saturated carbocycles. The first-order chi connectivity index (χ1) is 29.5. The average molecular weight is 870 g/mol. The molecule has 0 atom stereocenters. The Morgan fingerprint density at radius 1 is 0.645 bits per heavy atom. The van der Waals surface area contributed by atoms with E-state index in [1.165, 1.54) is 49.4 Å². The van der Waals surface area contributed by atoms with Crippen LogP contribution >= 0.6 is 0 Å². The van der Waals surface area contributed by atoms with Crippen LogP contribution in [0.25, 0.3) is 27.1 Å². The Morgan fingerprint density at radius 3 is 1.94 bits per heavy atom. The smallest absolute Gasteiger partial charge is 0.264 e. The third-order valence-electron chi connectivity index (χ3n) is 13.1. The molecule has 2 aliphatic heterocycles. The lowest BCUT2D eigenvalue weighted by molar-refractivity contribution is -0.438. The van der Waals surface area contributed by atoms with Gasteiger partial charge in [0.15, 0.2) is 5.71 Å². The van der Waals surface area contributed by atoms with E-state index in [4.69, 9.17) is 0 Å². The second-order valence-corrected chi connectivity index (χ2v) is 21.1. The van der Waals surface area contributed by atoms with Gasteiger partial charge in [0.1, 0.15) is 6.54 Å². The summed E-state index contributed by atoms with van der Waals surface area (Å²) in [5, 5.41) is 4.77. The number of hydrogen-bond acceptors (Lipinski definition) is 5. The summed E-state index contributed by atoms with van der Waals surface area (Å²) in [7, 11) is -8.09. The van der Waals surface area contributed by atoms with Crippen molar-refractivity contribution in [3.63, 3.8) is 0 Å². The van der Waals surface area contributed by atoms with Crippen LogP contribution in [-0.4, -0.2) is 60.8 Å². The van der Waals surface area contributed by atoms with Crippen LogP contribution < -0.4 is 4.90 Å². The lowest BCUT2D eigenvalue weighted by Gasteiger charge is -2.28. The third-order valence-corrected chi connectivity index (χ3v) is 14.7. The lowest BCUT2D eigenvalue weighted by atomic mass is 9.78. The van der Waals surface area contributed by atoms with Gasteiger partial charge in [-0.15, -0.1) is 0 Å². The van der Waals surface area contributed by atoms with Gasteiger partial charge in [0.2, 0.25) is 5.69 Å². The van der Waals surface area contributed by atoms with E-state index in [1.54, 1.807) is 0 Å². The van der Waals surface area contributed by atoms with Gasteiger partial charge in [-0.3, -0.25) is 9.11 Å². The first-order valence-corrected chi connectivity index (χ1v) is 25.0. The molecule has 5 aromatic carbocycles. The van der Waals surface area contributed by atoms with Crippen LogP contribution in [-0.2, 0) is 31.1 Å². The quantitative estimate of drug-likeness (QED) is 0.0649. The Kier molecular flexibility index (Phi) is 12.1. The van der Waals surface area contributed by atoms with Crippen molar-refractivity contribution < 1.29 is 30.5 Å². The number of fused-ring (bicyclic) bond motifs is 6. The summed E-state index contributed by atoms with van der Waals surface area (Å²) in [4.78, 5) is 2.35. The molecule has 0 unspecified atom stereocenters. The Hall–Kier alpha value is -5.13. The van der Waals surface area contributed by atoms with Gasteiger partial charge in [-0.1, -0.05) is 111 Å². The zero-order valence-corrected chi connectivity index (χ0v) is 37.8. The summed E-state index contributed by atoms with van der Waals surface area (Å²) in [6, 6.07) is 36.3. The highest BCUT2D eigenvalue weighted by Gasteiger charge is 2.45. The maximum Gasteiger partial charge on any atom is 0.264 e. The van der Waals surface area contributed by atoms with Crippen molar-refractivity contribution in [2.45, 2.75) is 83.5 Å². The van der Waals surface area contributed by atoms with E-state index in [0.29, 0.717) is 38.8 Å². The fourth-order valence-corrected chi connectivity index (χ4v) is 11.4. The average Bonchev–Trinajstić information content (AvgIpc) is 3.59. The first-order valence-electron chi connectivity index (χ1n) is 21.8. The summed E-state index contributed by atoms with van der Waals surface area (Å²) in [6.07, 6.45) is 13.9. The summed E-state index contributed by atoms with van der Waals surface area (Å²) < 4.78 is 67.8. The van der Waals surface area contributed by atoms with Crippen molar-refractivity contribution in [2.75, 3.05) is 29.5 Å². The van der Waals surface area contributed by atoms with Crippen LogP contribution in [0.1, 0.15) is 89.3 Å². The molecular weight excluding hydrogens is 813 g/mol. The molecule has 0 saturated heterocycles. The van der Waals surface area contributed by atoms with E-state index in [0.717, 1.165) is 47.6 Å². The van der Waals surface area contributed by atoms with Gasteiger partial charge in [-0.25, -0.2) is 0 Å². The zero-order valence-electron chi connectivity index (χ0n) is 36.1. The van der Waals surface area contributed by atoms with E-state index < -0.39 is 20.2 Å². The lowest BCUT2D eigenvalue weighted by Crippen LogP contribution is -2.28. The topological polar surface area (TPSA) is 115 Å². The summed E-state index contributed by atoms with van der Waals surface area (Å²) in [6.45, 7) is 10.3. The molecule has 0 spiro atoms. The number of hydrogen-bond donors (Lipinski definition) is 2. The molecule has 0 radical (unpaired) electrons. The van der Waals surface area contributed by atoms with Gasteiger partial charge in [0.25, 0.3) is 20.2 Å². The minimum atomic E-state index is -4.05. The molecule has 3 aliphatic rings. The van der Waals surface area contributed by atoms with Gasteiger partial charge in [-0.05, 0) is 120 Å². The normalized spacial score (nSPS) is 18.8. The molecule has 322 valence electrons. The number of anilines is 1. The van der Waals surface area contributed by atoms with Crippen LogP contribution in [0.15, 0.2) is 144 Å². The molecular formula is C52H57N2O6S2+. The SMILES string of the molecule is CC1(C)C(/C=C/C2=C(c3ccccc3)C(=C/C=C3/N(CCCCS(=O)(=O)O)c4ccc5ccccc5c4C3(C)C)/CCC2)=[N+](CCCCS(=O)(=O)O)c2ccc3ccccc3c21. The highest BCUT2D eigenvalue weighted by atomic mass is 32.2. The predicted octanol–water partition coefficient (Wildman–Crippen LogP) is 11.5. The molecule has 5 aromatic rings. The Morgan fingerprint density at radius 2 is 1.26 bits per heavy atom. The van der Waals surface area contributed by atoms with Crippen LogP contribution in [0.3, 0.4) is 0 Å². The molecule has 1 aliphatic carbocycles. The highest BCUT2D eigenvalue weighted by molar-refractivity contribution is 7.86. The van der Waals surface area contributed by atoms with Gasteiger partial charge in [0, 0.05) is 47.5 Å². The number of rotatable bonds is 14. The Bertz CT molecular complexity index is 2940. The minimum Gasteiger partial charge on any atom is -0.344 e. The summed E-state index contributed by atoms with van der Waals surface area (Å²) in [5.41, 5.74) is 11.3. The van der Waals surface area contributed by atoms with Crippen molar-refractivity contribution >= 4 is 64.4 Å². The monoisotopic (exact) mass is 869 g/mol. The number of allylic oxidation sites excluding steroid dienone is 8. The fourth-order valence-electron chi connectivity index (χ4n) is 10.3. The van der Waals surface area contributed by atoms with E-state index in [9.17, 15) is 25.9 Å². The molecule has 0 aromatic heterocycles. The minimum absolute atomic E-state index is 0.260. The second kappa shape index (κ2) is 17.2. The molecule has 0 amide bonds. The molecule has 8 rings (SSSR count). The van der Waals surface area contributed by atoms with Gasteiger partial charge < -0.3 is 4.90 Å².